The lowest BCUT2D eigenvalue weighted by atomic mass is 10.2. The molecule has 1 atom stereocenters. The van der Waals surface area contributed by atoms with Crippen LogP contribution in [-0.2, 0) is 11.3 Å². The third-order valence-electron chi connectivity index (χ3n) is 2.27. The fraction of sp³-hybridized carbons (Fsp3) is 0.455. The zero-order chi connectivity index (χ0) is 8.93. The maximum Gasteiger partial charge on any atom is 0.0733 e. The van der Waals surface area contributed by atoms with E-state index in [2.05, 4.69) is 17.4 Å². The van der Waals surface area contributed by atoms with Gasteiger partial charge in [0.25, 0.3) is 0 Å². The maximum absolute atomic E-state index is 5.70. The Morgan fingerprint density at radius 3 is 2.85 bits per heavy atom. The molecule has 0 spiro atoms. The SMILES string of the molecule is c1ccc(COC2CC[N]C2)cc1. The third-order valence-corrected chi connectivity index (χ3v) is 2.27. The smallest absolute Gasteiger partial charge is 0.0733 e. The number of benzene rings is 1. The zero-order valence-electron chi connectivity index (χ0n) is 7.65. The minimum atomic E-state index is 0.361. The van der Waals surface area contributed by atoms with Crippen molar-refractivity contribution in [3.63, 3.8) is 0 Å². The molecule has 0 aliphatic carbocycles. The largest absolute Gasteiger partial charge is 0.372 e. The van der Waals surface area contributed by atoms with Gasteiger partial charge in [-0.25, -0.2) is 5.32 Å². The highest BCUT2D eigenvalue weighted by atomic mass is 16.5. The van der Waals surface area contributed by atoms with Crippen molar-refractivity contribution in [2.24, 2.45) is 0 Å². The van der Waals surface area contributed by atoms with Crippen molar-refractivity contribution in [1.82, 2.24) is 5.32 Å². The summed E-state index contributed by atoms with van der Waals surface area (Å²) in [6, 6.07) is 10.3. The minimum Gasteiger partial charge on any atom is -0.372 e. The van der Waals surface area contributed by atoms with Crippen LogP contribution < -0.4 is 5.32 Å². The number of ether oxygens (including phenoxy) is 1. The van der Waals surface area contributed by atoms with Gasteiger partial charge in [-0.15, -0.1) is 0 Å². The van der Waals surface area contributed by atoms with Crippen molar-refractivity contribution < 1.29 is 4.74 Å². The second kappa shape index (κ2) is 4.40. The molecule has 2 nitrogen and oxygen atoms in total. The predicted molar refractivity (Wildman–Crippen MR) is 51.5 cm³/mol. The highest BCUT2D eigenvalue weighted by molar-refractivity contribution is 5.13. The molecule has 1 aliphatic rings. The Bertz CT molecular complexity index is 242. The molecule has 1 aromatic rings. The summed E-state index contributed by atoms with van der Waals surface area (Å²) in [5, 5.41) is 4.25. The topological polar surface area (TPSA) is 23.3 Å². The molecule has 1 aliphatic heterocycles. The van der Waals surface area contributed by atoms with E-state index < -0.39 is 0 Å². The minimum absolute atomic E-state index is 0.361. The second-order valence-corrected chi connectivity index (χ2v) is 3.34. The lowest BCUT2D eigenvalue weighted by Crippen LogP contribution is -2.13. The summed E-state index contributed by atoms with van der Waals surface area (Å²) in [6.45, 7) is 2.58. The number of hydrogen-bond donors (Lipinski definition) is 0. The molecule has 0 aromatic heterocycles. The molecular weight excluding hydrogens is 162 g/mol. The zero-order valence-corrected chi connectivity index (χ0v) is 7.65. The van der Waals surface area contributed by atoms with Crippen LogP contribution in [0, 0.1) is 0 Å². The van der Waals surface area contributed by atoms with Crippen molar-refractivity contribution in [3.05, 3.63) is 35.9 Å². The van der Waals surface area contributed by atoms with E-state index in [0.29, 0.717) is 6.10 Å². The quantitative estimate of drug-likeness (QED) is 0.685. The Kier molecular flexibility index (Phi) is 2.95. The van der Waals surface area contributed by atoms with Crippen LogP contribution in [0.25, 0.3) is 0 Å². The first-order valence-electron chi connectivity index (χ1n) is 4.74. The first kappa shape index (κ1) is 8.73. The fourth-order valence-electron chi connectivity index (χ4n) is 1.49. The molecule has 1 fully saturated rings. The third kappa shape index (κ3) is 2.54. The Morgan fingerprint density at radius 1 is 1.31 bits per heavy atom. The molecule has 0 amide bonds. The standard InChI is InChI=1S/C11H14NO/c1-2-4-10(5-3-1)9-13-11-6-7-12-8-11/h1-5,11H,6-9H2. The molecule has 0 bridgehead atoms. The summed E-state index contributed by atoms with van der Waals surface area (Å²) in [6.07, 6.45) is 1.45. The highest BCUT2D eigenvalue weighted by Crippen LogP contribution is 2.08. The number of hydrogen-bond acceptors (Lipinski definition) is 1. The monoisotopic (exact) mass is 176 g/mol. The molecular formula is C11H14NO. The van der Waals surface area contributed by atoms with Crippen LogP contribution in [0.4, 0.5) is 0 Å². The molecule has 0 N–H and O–H groups in total. The van der Waals surface area contributed by atoms with Gasteiger partial charge in [0.1, 0.15) is 0 Å². The van der Waals surface area contributed by atoms with Crippen LogP contribution in [0.15, 0.2) is 30.3 Å². The molecule has 1 radical (unpaired) electrons. The van der Waals surface area contributed by atoms with Crippen molar-refractivity contribution >= 4 is 0 Å². The van der Waals surface area contributed by atoms with Gasteiger partial charge in [-0.2, -0.15) is 0 Å². The lowest BCUT2D eigenvalue weighted by molar-refractivity contribution is 0.0541. The van der Waals surface area contributed by atoms with Gasteiger partial charge in [0.05, 0.1) is 12.7 Å². The summed E-state index contributed by atoms with van der Waals surface area (Å²) < 4.78 is 5.70. The van der Waals surface area contributed by atoms with E-state index in [9.17, 15) is 0 Å². The normalized spacial score (nSPS) is 22.0. The molecule has 69 valence electrons. The highest BCUT2D eigenvalue weighted by Gasteiger charge is 2.15. The molecule has 2 rings (SSSR count). The van der Waals surface area contributed by atoms with E-state index in [1.807, 2.05) is 18.2 Å². The van der Waals surface area contributed by atoms with Crippen molar-refractivity contribution in [1.29, 1.82) is 0 Å². The van der Waals surface area contributed by atoms with Gasteiger partial charge in [-0.05, 0) is 12.0 Å². The van der Waals surface area contributed by atoms with Gasteiger partial charge in [0, 0.05) is 13.1 Å². The summed E-state index contributed by atoms with van der Waals surface area (Å²) in [5.41, 5.74) is 1.24. The van der Waals surface area contributed by atoms with Crippen molar-refractivity contribution in [2.75, 3.05) is 13.1 Å². The van der Waals surface area contributed by atoms with Crippen LogP contribution in [-0.4, -0.2) is 19.2 Å². The van der Waals surface area contributed by atoms with Crippen LogP contribution in [0.1, 0.15) is 12.0 Å². The van der Waals surface area contributed by atoms with Crippen molar-refractivity contribution in [2.45, 2.75) is 19.1 Å². The maximum atomic E-state index is 5.70. The summed E-state index contributed by atoms with van der Waals surface area (Å²) in [4.78, 5) is 0. The van der Waals surface area contributed by atoms with E-state index in [4.69, 9.17) is 4.74 Å². The molecule has 1 heterocycles. The van der Waals surface area contributed by atoms with Crippen LogP contribution in [0.5, 0.6) is 0 Å². The van der Waals surface area contributed by atoms with E-state index in [-0.39, 0.29) is 0 Å². The Balaban J connectivity index is 1.79. The Labute approximate surface area is 78.9 Å². The van der Waals surface area contributed by atoms with E-state index in [0.717, 1.165) is 26.1 Å². The van der Waals surface area contributed by atoms with Crippen LogP contribution >= 0.6 is 0 Å². The summed E-state index contributed by atoms with van der Waals surface area (Å²) in [5.74, 6) is 0. The van der Waals surface area contributed by atoms with Crippen molar-refractivity contribution in [3.8, 4) is 0 Å². The van der Waals surface area contributed by atoms with Gasteiger partial charge in [-0.3, -0.25) is 0 Å². The van der Waals surface area contributed by atoms with E-state index in [1.165, 1.54) is 5.56 Å². The van der Waals surface area contributed by atoms with Gasteiger partial charge < -0.3 is 4.74 Å². The summed E-state index contributed by atoms with van der Waals surface area (Å²) in [7, 11) is 0. The molecule has 0 saturated carbocycles. The van der Waals surface area contributed by atoms with E-state index >= 15 is 0 Å². The molecule has 1 saturated heterocycles. The molecule has 1 unspecified atom stereocenters. The van der Waals surface area contributed by atoms with Gasteiger partial charge in [0.2, 0.25) is 0 Å². The van der Waals surface area contributed by atoms with Gasteiger partial charge in [-0.1, -0.05) is 30.3 Å². The predicted octanol–water partition coefficient (Wildman–Crippen LogP) is 1.58. The Morgan fingerprint density at radius 2 is 2.15 bits per heavy atom. The average Bonchev–Trinajstić information content (AvgIpc) is 2.69. The second-order valence-electron chi connectivity index (χ2n) is 3.34. The molecule has 13 heavy (non-hydrogen) atoms. The van der Waals surface area contributed by atoms with E-state index in [1.54, 1.807) is 0 Å². The number of nitrogens with zero attached hydrogens (tertiary/aromatic N) is 1. The van der Waals surface area contributed by atoms with Gasteiger partial charge in [0.15, 0.2) is 0 Å². The first-order chi connectivity index (χ1) is 6.45. The number of rotatable bonds is 3. The summed E-state index contributed by atoms with van der Waals surface area (Å²) >= 11 is 0. The van der Waals surface area contributed by atoms with Gasteiger partial charge >= 0.3 is 0 Å². The average molecular weight is 176 g/mol. The lowest BCUT2D eigenvalue weighted by Gasteiger charge is -2.09. The van der Waals surface area contributed by atoms with Crippen LogP contribution in [0.3, 0.4) is 0 Å². The molecule has 1 aromatic carbocycles. The van der Waals surface area contributed by atoms with Crippen LogP contribution in [0.2, 0.25) is 0 Å². The Hall–Kier alpha value is -0.860. The first-order valence-corrected chi connectivity index (χ1v) is 4.74. The molecule has 2 heteroatoms. The fourth-order valence-corrected chi connectivity index (χ4v) is 1.49.